The quantitative estimate of drug-likeness (QED) is 0.748. The molecule has 1 fully saturated rings. The number of hydrogen-bond acceptors (Lipinski definition) is 3. The van der Waals surface area contributed by atoms with Crippen molar-refractivity contribution in [1.29, 1.82) is 0 Å². The lowest BCUT2D eigenvalue weighted by Gasteiger charge is -2.18. The summed E-state index contributed by atoms with van der Waals surface area (Å²) in [6.07, 6.45) is 8.31. The van der Waals surface area contributed by atoms with Gasteiger partial charge in [-0.1, -0.05) is 35.9 Å². The van der Waals surface area contributed by atoms with Crippen LogP contribution in [0.15, 0.2) is 53.5 Å². The summed E-state index contributed by atoms with van der Waals surface area (Å²) in [5.41, 5.74) is 0.779. The van der Waals surface area contributed by atoms with Gasteiger partial charge >= 0.3 is 0 Å². The van der Waals surface area contributed by atoms with E-state index in [2.05, 4.69) is 22.5 Å². The van der Waals surface area contributed by atoms with Crippen molar-refractivity contribution in [2.75, 3.05) is 6.54 Å². The van der Waals surface area contributed by atoms with Crippen molar-refractivity contribution >= 4 is 17.5 Å². The van der Waals surface area contributed by atoms with E-state index < -0.39 is 0 Å². The Bertz CT molecular complexity index is 937. The third kappa shape index (κ3) is 4.08. The van der Waals surface area contributed by atoms with E-state index in [4.69, 9.17) is 16.3 Å². The van der Waals surface area contributed by atoms with Crippen LogP contribution >= 0.6 is 11.6 Å². The van der Waals surface area contributed by atoms with Crippen LogP contribution in [0.3, 0.4) is 0 Å². The Morgan fingerprint density at radius 2 is 2.15 bits per heavy atom. The van der Waals surface area contributed by atoms with E-state index in [-0.39, 0.29) is 29.4 Å². The van der Waals surface area contributed by atoms with E-state index in [1.807, 2.05) is 12.1 Å². The van der Waals surface area contributed by atoms with E-state index >= 15 is 0 Å². The van der Waals surface area contributed by atoms with Crippen molar-refractivity contribution in [3.05, 3.63) is 75.2 Å². The number of ether oxygens (including phenoxy) is 1. The zero-order valence-corrected chi connectivity index (χ0v) is 15.5. The second-order valence-electron chi connectivity index (χ2n) is 7.24. The lowest BCUT2D eigenvalue weighted by molar-refractivity contribution is 0.0940. The summed E-state index contributed by atoms with van der Waals surface area (Å²) < 4.78 is 5.55. The molecule has 140 valence electrons. The maximum absolute atomic E-state index is 12.3. The first kappa shape index (κ1) is 17.9. The van der Waals surface area contributed by atoms with Crippen LogP contribution in [0.2, 0.25) is 5.02 Å². The lowest BCUT2D eigenvalue weighted by atomic mass is 9.93. The molecule has 2 aliphatic carbocycles. The number of carbonyl (C=O) groups is 1. The number of H-pyrrole nitrogens is 1. The average molecular weight is 385 g/mol. The van der Waals surface area contributed by atoms with E-state index in [9.17, 15) is 9.59 Å². The van der Waals surface area contributed by atoms with Gasteiger partial charge in [-0.2, -0.15) is 0 Å². The van der Waals surface area contributed by atoms with Crippen LogP contribution in [0.5, 0.6) is 5.75 Å². The summed E-state index contributed by atoms with van der Waals surface area (Å²) in [4.78, 5) is 27.4. The highest BCUT2D eigenvalue weighted by atomic mass is 35.5. The Labute approximate surface area is 162 Å². The number of carbonyl (C=O) groups excluding carboxylic acids is 1. The Balaban J connectivity index is 1.34. The number of aromatic nitrogens is 1. The first-order chi connectivity index (χ1) is 13.1. The Morgan fingerprint density at radius 1 is 1.26 bits per heavy atom. The topological polar surface area (TPSA) is 71.2 Å². The van der Waals surface area contributed by atoms with Gasteiger partial charge in [0.2, 0.25) is 5.43 Å². The number of benzene rings is 1. The predicted molar refractivity (Wildman–Crippen MR) is 104 cm³/mol. The summed E-state index contributed by atoms with van der Waals surface area (Å²) >= 11 is 5.94. The van der Waals surface area contributed by atoms with Gasteiger partial charge in [0, 0.05) is 23.8 Å². The van der Waals surface area contributed by atoms with Crippen LogP contribution in [0.25, 0.3) is 0 Å². The molecule has 0 saturated heterocycles. The maximum Gasteiger partial charge on any atom is 0.267 e. The fourth-order valence-corrected chi connectivity index (χ4v) is 4.15. The van der Waals surface area contributed by atoms with Crippen LogP contribution in [-0.2, 0) is 6.61 Å². The molecule has 27 heavy (non-hydrogen) atoms. The molecular formula is C21H21ClN2O3. The van der Waals surface area contributed by atoms with E-state index in [0.717, 1.165) is 12.0 Å². The first-order valence-electron chi connectivity index (χ1n) is 9.15. The summed E-state index contributed by atoms with van der Waals surface area (Å²) in [5.74, 6) is 1.66. The molecule has 0 unspecified atom stereocenters. The molecule has 0 aliphatic heterocycles. The minimum absolute atomic E-state index is 0.171. The van der Waals surface area contributed by atoms with Crippen LogP contribution < -0.4 is 15.5 Å². The molecule has 1 heterocycles. The van der Waals surface area contributed by atoms with Gasteiger partial charge in [-0.3, -0.25) is 9.59 Å². The highest BCUT2D eigenvalue weighted by Gasteiger charge is 2.35. The molecule has 2 bridgehead atoms. The number of nitrogens with one attached hydrogen (secondary N) is 2. The monoisotopic (exact) mass is 384 g/mol. The molecule has 1 aromatic heterocycles. The Hall–Kier alpha value is -2.53. The highest BCUT2D eigenvalue weighted by Crippen LogP contribution is 2.42. The number of allylic oxidation sites excluding steroid dienone is 2. The number of aromatic amines is 1. The van der Waals surface area contributed by atoms with Gasteiger partial charge in [-0.05, 0) is 48.3 Å². The summed E-state index contributed by atoms with van der Waals surface area (Å²) in [6, 6.07) is 8.53. The summed E-state index contributed by atoms with van der Waals surface area (Å²) in [7, 11) is 0. The minimum atomic E-state index is -0.330. The van der Waals surface area contributed by atoms with Crippen molar-refractivity contribution in [1.82, 2.24) is 10.3 Å². The normalized spacial score (nSPS) is 22.8. The minimum Gasteiger partial charge on any atom is -0.483 e. The van der Waals surface area contributed by atoms with Gasteiger partial charge in [0.25, 0.3) is 5.91 Å². The molecule has 3 atom stereocenters. The van der Waals surface area contributed by atoms with Gasteiger partial charge < -0.3 is 15.0 Å². The number of fused-ring (bicyclic) bond motifs is 2. The second-order valence-corrected chi connectivity index (χ2v) is 7.68. The SMILES string of the molecule is O=C(NC[C@H]1C[C@@H]2C=C[C@H]1C2)c1cc(=O)c(OCc2cccc(Cl)c2)c[nH]1. The number of halogens is 1. The van der Waals surface area contributed by atoms with E-state index in [1.54, 1.807) is 12.1 Å². The van der Waals surface area contributed by atoms with E-state index in [1.165, 1.54) is 18.7 Å². The van der Waals surface area contributed by atoms with Crippen LogP contribution in [-0.4, -0.2) is 17.4 Å². The fourth-order valence-electron chi connectivity index (χ4n) is 3.94. The fraction of sp³-hybridized carbons (Fsp3) is 0.333. The van der Waals surface area contributed by atoms with Gasteiger partial charge in [0.1, 0.15) is 12.3 Å². The number of rotatable bonds is 6. The third-order valence-electron chi connectivity index (χ3n) is 5.35. The molecule has 4 rings (SSSR count). The smallest absolute Gasteiger partial charge is 0.267 e. The number of pyridine rings is 1. The molecule has 0 radical (unpaired) electrons. The first-order valence-corrected chi connectivity index (χ1v) is 9.53. The number of amides is 1. The molecule has 5 nitrogen and oxygen atoms in total. The standard InChI is InChI=1S/C21H21ClN2O3/c22-17-3-1-2-14(8-17)12-27-20-11-23-18(9-19(20)25)21(26)24-10-16-7-13-4-5-15(16)6-13/h1-5,8-9,11,13,15-16H,6-7,10,12H2,(H,23,25)(H,24,26)/t13-,15+,16-/m1/s1. The molecule has 2 aliphatic rings. The maximum atomic E-state index is 12.3. The summed E-state index contributed by atoms with van der Waals surface area (Å²) in [5, 5.41) is 3.55. The molecule has 2 aromatic rings. The predicted octanol–water partition coefficient (Wildman–Crippen LogP) is 3.55. The molecule has 0 spiro atoms. The van der Waals surface area contributed by atoms with Crippen molar-refractivity contribution in [2.45, 2.75) is 19.4 Å². The van der Waals surface area contributed by atoms with Gasteiger partial charge in [0.05, 0.1) is 0 Å². The van der Waals surface area contributed by atoms with Crippen LogP contribution in [0.4, 0.5) is 0 Å². The Kier molecular flexibility index (Phi) is 5.03. The van der Waals surface area contributed by atoms with Gasteiger partial charge in [-0.25, -0.2) is 0 Å². The van der Waals surface area contributed by atoms with Crippen molar-refractivity contribution in [3.63, 3.8) is 0 Å². The van der Waals surface area contributed by atoms with Crippen molar-refractivity contribution < 1.29 is 9.53 Å². The molecule has 2 N–H and O–H groups in total. The zero-order valence-electron chi connectivity index (χ0n) is 14.8. The molecule has 1 saturated carbocycles. The average Bonchev–Trinajstić information content (AvgIpc) is 3.28. The molecular weight excluding hydrogens is 364 g/mol. The van der Waals surface area contributed by atoms with E-state index in [0.29, 0.717) is 29.3 Å². The van der Waals surface area contributed by atoms with Gasteiger partial charge in [-0.15, -0.1) is 0 Å². The van der Waals surface area contributed by atoms with Crippen molar-refractivity contribution in [3.8, 4) is 5.75 Å². The van der Waals surface area contributed by atoms with Crippen molar-refractivity contribution in [2.24, 2.45) is 17.8 Å². The largest absolute Gasteiger partial charge is 0.483 e. The van der Waals surface area contributed by atoms with Crippen LogP contribution in [0, 0.1) is 17.8 Å². The summed E-state index contributed by atoms with van der Waals surface area (Å²) in [6.45, 7) is 0.867. The second kappa shape index (κ2) is 7.61. The lowest BCUT2D eigenvalue weighted by Crippen LogP contribution is -2.32. The molecule has 1 amide bonds. The Morgan fingerprint density at radius 3 is 2.85 bits per heavy atom. The molecule has 1 aromatic carbocycles. The van der Waals surface area contributed by atoms with Crippen LogP contribution in [0.1, 0.15) is 28.9 Å². The third-order valence-corrected chi connectivity index (χ3v) is 5.58. The highest BCUT2D eigenvalue weighted by molar-refractivity contribution is 6.30. The zero-order chi connectivity index (χ0) is 18.8. The van der Waals surface area contributed by atoms with Gasteiger partial charge in [0.15, 0.2) is 5.75 Å². The number of hydrogen-bond donors (Lipinski definition) is 2. The molecule has 6 heteroatoms.